The average molecular weight is 303 g/mol. The second kappa shape index (κ2) is 5.63. The largest absolute Gasteiger partial charge is 0.492 e. The van der Waals surface area contributed by atoms with Gasteiger partial charge in [0, 0.05) is 5.56 Å². The summed E-state index contributed by atoms with van der Waals surface area (Å²) in [6.07, 6.45) is 0. The highest BCUT2D eigenvalue weighted by Gasteiger charge is 2.24. The Morgan fingerprint density at radius 2 is 1.35 bits per heavy atom. The van der Waals surface area contributed by atoms with E-state index < -0.39 is 0 Å². The summed E-state index contributed by atoms with van der Waals surface area (Å²) in [4.78, 5) is 0. The van der Waals surface area contributed by atoms with Gasteiger partial charge in [0.25, 0.3) is 0 Å². The highest BCUT2D eigenvalue weighted by molar-refractivity contribution is 9.10. The number of hydrogen-bond donors (Lipinski definition) is 0. The monoisotopic (exact) mass is 302 g/mol. The molecule has 0 atom stereocenters. The van der Waals surface area contributed by atoms with Crippen LogP contribution in [0.5, 0.6) is 17.2 Å². The molecule has 17 heavy (non-hydrogen) atoms. The number of hydrogen-bond acceptors (Lipinski definition) is 3. The summed E-state index contributed by atoms with van der Waals surface area (Å²) in [6.45, 7) is 6.30. The number of ether oxygens (including phenoxy) is 3. The zero-order chi connectivity index (χ0) is 13.2. The van der Waals surface area contributed by atoms with Gasteiger partial charge in [0.05, 0.1) is 25.8 Å². The minimum Gasteiger partial charge on any atom is -0.492 e. The first-order valence-corrected chi connectivity index (χ1v) is 6.26. The first-order valence-electron chi connectivity index (χ1n) is 5.47. The molecule has 0 radical (unpaired) electrons. The molecule has 0 aliphatic carbocycles. The fraction of sp³-hybridized carbons (Fsp3) is 0.538. The van der Waals surface area contributed by atoms with Crippen molar-refractivity contribution in [2.24, 2.45) is 0 Å². The highest BCUT2D eigenvalue weighted by atomic mass is 79.9. The lowest BCUT2D eigenvalue weighted by atomic mass is 9.96. The molecule has 0 bridgehead atoms. The Hall–Kier alpha value is -0.900. The van der Waals surface area contributed by atoms with E-state index in [-0.39, 0.29) is 0 Å². The van der Waals surface area contributed by atoms with Crippen molar-refractivity contribution in [3.63, 3.8) is 0 Å². The van der Waals surface area contributed by atoms with Gasteiger partial charge in [-0.1, -0.05) is 13.8 Å². The van der Waals surface area contributed by atoms with Gasteiger partial charge in [0.2, 0.25) is 5.75 Å². The summed E-state index contributed by atoms with van der Waals surface area (Å²) in [5, 5.41) is 0. The van der Waals surface area contributed by atoms with Crippen molar-refractivity contribution in [2.75, 3.05) is 21.3 Å². The molecule has 1 aromatic rings. The summed E-state index contributed by atoms with van der Waals surface area (Å²) in [6, 6.07) is 0. The maximum atomic E-state index is 5.48. The smallest absolute Gasteiger partial charge is 0.204 e. The Balaban J connectivity index is 3.68. The molecule has 3 nitrogen and oxygen atoms in total. The van der Waals surface area contributed by atoms with Gasteiger partial charge in [-0.2, -0.15) is 0 Å². The second-order valence-corrected chi connectivity index (χ2v) is 4.90. The van der Waals surface area contributed by atoms with Crippen LogP contribution in [0.2, 0.25) is 0 Å². The Kier molecular flexibility index (Phi) is 4.69. The minimum atomic E-state index is 0.348. The third-order valence-electron chi connectivity index (χ3n) is 2.78. The maximum absolute atomic E-state index is 5.48. The molecule has 0 spiro atoms. The van der Waals surface area contributed by atoms with Crippen molar-refractivity contribution in [3.8, 4) is 17.2 Å². The topological polar surface area (TPSA) is 27.7 Å². The van der Waals surface area contributed by atoms with Crippen LogP contribution < -0.4 is 14.2 Å². The summed E-state index contributed by atoms with van der Waals surface area (Å²) in [5.74, 6) is 2.41. The van der Waals surface area contributed by atoms with Gasteiger partial charge in [-0.05, 0) is 34.3 Å². The zero-order valence-corrected chi connectivity index (χ0v) is 12.8. The standard InChI is InChI=1S/C13H19BrO3/c1-7(2)9-8(3)10(14)12(16-5)13(17-6)11(9)15-4/h7H,1-6H3. The normalized spacial score (nSPS) is 10.6. The molecule has 0 aliphatic heterocycles. The van der Waals surface area contributed by atoms with Crippen LogP contribution in [0.25, 0.3) is 0 Å². The molecular formula is C13H19BrO3. The molecule has 0 fully saturated rings. The lowest BCUT2D eigenvalue weighted by molar-refractivity contribution is 0.319. The second-order valence-electron chi connectivity index (χ2n) is 4.11. The zero-order valence-electron chi connectivity index (χ0n) is 11.2. The fourth-order valence-electron chi connectivity index (χ4n) is 2.05. The summed E-state index contributed by atoms with van der Waals surface area (Å²) in [5.41, 5.74) is 2.26. The SMILES string of the molecule is COc1c(Br)c(C)c(C(C)C)c(OC)c1OC. The Morgan fingerprint density at radius 1 is 0.882 bits per heavy atom. The predicted molar refractivity (Wildman–Crippen MR) is 72.6 cm³/mol. The lowest BCUT2D eigenvalue weighted by Gasteiger charge is -2.22. The number of halogens is 1. The van der Waals surface area contributed by atoms with Gasteiger partial charge in [-0.3, -0.25) is 0 Å². The molecule has 0 saturated heterocycles. The third kappa shape index (κ3) is 2.37. The van der Waals surface area contributed by atoms with Crippen molar-refractivity contribution in [2.45, 2.75) is 26.7 Å². The first-order chi connectivity index (χ1) is 7.99. The summed E-state index contributed by atoms with van der Waals surface area (Å²) >= 11 is 3.55. The predicted octanol–water partition coefficient (Wildman–Crippen LogP) is 3.91. The van der Waals surface area contributed by atoms with Crippen molar-refractivity contribution >= 4 is 15.9 Å². The quantitative estimate of drug-likeness (QED) is 0.844. The molecule has 0 heterocycles. The van der Waals surface area contributed by atoms with Gasteiger partial charge in [-0.15, -0.1) is 0 Å². The molecule has 0 amide bonds. The van der Waals surface area contributed by atoms with Gasteiger partial charge < -0.3 is 14.2 Å². The number of benzene rings is 1. The van der Waals surface area contributed by atoms with Crippen molar-refractivity contribution in [1.29, 1.82) is 0 Å². The van der Waals surface area contributed by atoms with Crippen LogP contribution >= 0.6 is 15.9 Å². The summed E-state index contributed by atoms with van der Waals surface area (Å²) < 4.78 is 17.2. The van der Waals surface area contributed by atoms with Gasteiger partial charge in [0.15, 0.2) is 11.5 Å². The van der Waals surface area contributed by atoms with Crippen LogP contribution in [0.1, 0.15) is 30.9 Å². The molecular weight excluding hydrogens is 284 g/mol. The van der Waals surface area contributed by atoms with E-state index in [1.807, 2.05) is 6.92 Å². The van der Waals surface area contributed by atoms with Gasteiger partial charge in [0.1, 0.15) is 0 Å². The molecule has 0 saturated carbocycles. The van der Waals surface area contributed by atoms with Crippen LogP contribution in [0.15, 0.2) is 4.47 Å². The molecule has 0 unspecified atom stereocenters. The van der Waals surface area contributed by atoms with E-state index in [9.17, 15) is 0 Å². The van der Waals surface area contributed by atoms with E-state index in [0.29, 0.717) is 17.4 Å². The third-order valence-corrected chi connectivity index (χ3v) is 3.73. The van der Waals surface area contributed by atoms with Crippen molar-refractivity contribution in [1.82, 2.24) is 0 Å². The highest BCUT2D eigenvalue weighted by Crippen LogP contribution is 2.49. The Bertz CT molecular complexity index is 414. The average Bonchev–Trinajstić information content (AvgIpc) is 2.30. The van der Waals surface area contributed by atoms with Crippen LogP contribution in [-0.4, -0.2) is 21.3 Å². The van der Waals surface area contributed by atoms with Gasteiger partial charge >= 0.3 is 0 Å². The molecule has 0 aliphatic rings. The summed E-state index contributed by atoms with van der Waals surface area (Å²) in [7, 11) is 4.89. The van der Waals surface area contributed by atoms with E-state index in [1.165, 1.54) is 0 Å². The van der Waals surface area contributed by atoms with Crippen LogP contribution in [0, 0.1) is 6.92 Å². The number of methoxy groups -OCH3 is 3. The molecule has 1 rings (SSSR count). The van der Waals surface area contributed by atoms with E-state index in [0.717, 1.165) is 21.3 Å². The molecule has 96 valence electrons. The van der Waals surface area contributed by atoms with Crippen LogP contribution in [0.4, 0.5) is 0 Å². The van der Waals surface area contributed by atoms with Crippen molar-refractivity contribution < 1.29 is 14.2 Å². The maximum Gasteiger partial charge on any atom is 0.204 e. The molecule has 4 heteroatoms. The van der Waals surface area contributed by atoms with Crippen LogP contribution in [-0.2, 0) is 0 Å². The van der Waals surface area contributed by atoms with Gasteiger partial charge in [-0.25, -0.2) is 0 Å². The lowest BCUT2D eigenvalue weighted by Crippen LogP contribution is -2.04. The van der Waals surface area contributed by atoms with Crippen LogP contribution in [0.3, 0.4) is 0 Å². The van der Waals surface area contributed by atoms with E-state index in [2.05, 4.69) is 29.8 Å². The molecule has 1 aromatic carbocycles. The Morgan fingerprint density at radius 3 is 1.71 bits per heavy atom. The Labute approximate surface area is 111 Å². The van der Waals surface area contributed by atoms with E-state index in [4.69, 9.17) is 14.2 Å². The number of rotatable bonds is 4. The molecule has 0 N–H and O–H groups in total. The minimum absolute atomic E-state index is 0.348. The molecule has 0 aromatic heterocycles. The van der Waals surface area contributed by atoms with Crippen molar-refractivity contribution in [3.05, 3.63) is 15.6 Å². The van der Waals surface area contributed by atoms with E-state index in [1.54, 1.807) is 21.3 Å². The van der Waals surface area contributed by atoms with E-state index >= 15 is 0 Å². The first kappa shape index (κ1) is 14.2. The fourth-order valence-corrected chi connectivity index (χ4v) is 2.61.